The van der Waals surface area contributed by atoms with Crippen molar-refractivity contribution < 1.29 is 27.1 Å². The van der Waals surface area contributed by atoms with E-state index in [9.17, 15) is 18.0 Å². The van der Waals surface area contributed by atoms with E-state index < -0.39 is 29.8 Å². The van der Waals surface area contributed by atoms with E-state index in [1.54, 1.807) is 6.92 Å². The summed E-state index contributed by atoms with van der Waals surface area (Å²) >= 11 is 0. The Bertz CT molecular complexity index is 929. The third kappa shape index (κ3) is 3.35. The molecule has 0 saturated heterocycles. The van der Waals surface area contributed by atoms with E-state index >= 15 is 0 Å². The molecule has 0 fully saturated rings. The van der Waals surface area contributed by atoms with Crippen molar-refractivity contribution >= 4 is 17.4 Å². The fraction of sp³-hybridized carbons (Fsp3) is 0.389. The first-order chi connectivity index (χ1) is 13.2. The molecule has 28 heavy (non-hydrogen) atoms. The van der Waals surface area contributed by atoms with Crippen LogP contribution in [0.2, 0.25) is 0 Å². The summed E-state index contributed by atoms with van der Waals surface area (Å²) in [5, 5.41) is 2.50. The molecule has 10 heteroatoms. The predicted molar refractivity (Wildman–Crippen MR) is 95.0 cm³/mol. The number of amidine groups is 1. The SMILES string of the molecule is CC[C@]1(c2cc(NC(=O)c3ncoc3C)ccc2F)N=C(N)COCC1(F)F. The van der Waals surface area contributed by atoms with Gasteiger partial charge < -0.3 is 20.2 Å². The summed E-state index contributed by atoms with van der Waals surface area (Å²) in [6.45, 7) is 1.77. The fourth-order valence-electron chi connectivity index (χ4n) is 3.18. The fourth-order valence-corrected chi connectivity index (χ4v) is 3.18. The first-order valence-electron chi connectivity index (χ1n) is 8.51. The minimum atomic E-state index is -3.52. The number of nitrogens with zero attached hydrogens (tertiary/aromatic N) is 2. The van der Waals surface area contributed by atoms with Crippen molar-refractivity contribution in [1.29, 1.82) is 0 Å². The number of carbonyl (C=O) groups is 1. The van der Waals surface area contributed by atoms with Crippen LogP contribution < -0.4 is 11.1 Å². The number of anilines is 1. The molecule has 1 amide bonds. The number of benzene rings is 1. The van der Waals surface area contributed by atoms with Gasteiger partial charge in [-0.1, -0.05) is 6.92 Å². The Hall–Kier alpha value is -2.88. The molecule has 0 bridgehead atoms. The number of nitrogens with one attached hydrogen (secondary N) is 1. The highest BCUT2D eigenvalue weighted by Gasteiger charge is 2.56. The summed E-state index contributed by atoms with van der Waals surface area (Å²) in [5.74, 6) is -4.90. The first-order valence-corrected chi connectivity index (χ1v) is 8.51. The maximum absolute atomic E-state index is 14.9. The molecule has 1 aromatic heterocycles. The van der Waals surface area contributed by atoms with Gasteiger partial charge in [0.15, 0.2) is 17.6 Å². The Morgan fingerprint density at radius 3 is 2.79 bits per heavy atom. The van der Waals surface area contributed by atoms with Gasteiger partial charge in [-0.15, -0.1) is 0 Å². The van der Waals surface area contributed by atoms with Crippen molar-refractivity contribution in [2.24, 2.45) is 10.7 Å². The van der Waals surface area contributed by atoms with E-state index in [0.29, 0.717) is 0 Å². The zero-order valence-electron chi connectivity index (χ0n) is 15.3. The highest BCUT2D eigenvalue weighted by atomic mass is 19.3. The van der Waals surface area contributed by atoms with Gasteiger partial charge in [-0.3, -0.25) is 9.79 Å². The second kappa shape index (κ2) is 7.27. The van der Waals surface area contributed by atoms with E-state index in [-0.39, 0.29) is 41.6 Å². The Kier molecular flexibility index (Phi) is 5.16. The average Bonchev–Trinajstić information content (AvgIpc) is 3.02. The predicted octanol–water partition coefficient (Wildman–Crippen LogP) is 3.00. The molecule has 3 N–H and O–H groups in total. The number of aliphatic imine (C=N–C) groups is 1. The molecular formula is C18H19F3N4O3. The topological polar surface area (TPSA) is 103 Å². The first kappa shape index (κ1) is 19.9. The number of aromatic nitrogens is 1. The molecule has 0 aliphatic carbocycles. The van der Waals surface area contributed by atoms with E-state index in [1.165, 1.54) is 13.0 Å². The Labute approximate surface area is 158 Å². The van der Waals surface area contributed by atoms with Gasteiger partial charge in [0, 0.05) is 11.3 Å². The Balaban J connectivity index is 2.05. The number of oxazole rings is 1. The van der Waals surface area contributed by atoms with Crippen LogP contribution in [-0.2, 0) is 10.3 Å². The number of aryl methyl sites for hydroxylation is 1. The molecule has 3 rings (SSSR count). The standard InChI is InChI=1S/C18H19F3N4O3/c1-3-17(18(20,21)8-27-7-14(22)25-17)12-6-11(4-5-13(12)19)24-16(26)15-10(2)28-9-23-15/h4-6,9H,3,7-8H2,1-2H3,(H2,22,25)(H,24,26)/t17-/m1/s1. The second-order valence-electron chi connectivity index (χ2n) is 6.42. The molecule has 1 aromatic carbocycles. The lowest BCUT2D eigenvalue weighted by Crippen LogP contribution is -2.47. The molecule has 1 aliphatic rings. The molecule has 0 unspecified atom stereocenters. The quantitative estimate of drug-likeness (QED) is 0.827. The third-order valence-corrected chi connectivity index (χ3v) is 4.61. The monoisotopic (exact) mass is 396 g/mol. The number of rotatable bonds is 4. The average molecular weight is 396 g/mol. The number of amides is 1. The van der Waals surface area contributed by atoms with Crippen molar-refractivity contribution in [3.8, 4) is 0 Å². The minimum absolute atomic E-state index is 0.0338. The molecule has 7 nitrogen and oxygen atoms in total. The minimum Gasteiger partial charge on any atom is -0.448 e. The van der Waals surface area contributed by atoms with Crippen molar-refractivity contribution in [2.75, 3.05) is 18.5 Å². The van der Waals surface area contributed by atoms with E-state index in [0.717, 1.165) is 18.5 Å². The molecule has 0 spiro atoms. The number of hydrogen-bond donors (Lipinski definition) is 2. The van der Waals surface area contributed by atoms with Crippen LogP contribution in [-0.4, -0.2) is 35.9 Å². The lowest BCUT2D eigenvalue weighted by molar-refractivity contribution is -0.123. The van der Waals surface area contributed by atoms with Crippen LogP contribution in [0.5, 0.6) is 0 Å². The zero-order valence-corrected chi connectivity index (χ0v) is 15.3. The summed E-state index contributed by atoms with van der Waals surface area (Å²) in [5.41, 5.74) is 3.16. The van der Waals surface area contributed by atoms with Crippen LogP contribution in [0, 0.1) is 12.7 Å². The van der Waals surface area contributed by atoms with Crippen molar-refractivity contribution in [1.82, 2.24) is 4.98 Å². The highest BCUT2D eigenvalue weighted by Crippen LogP contribution is 2.46. The molecule has 1 aliphatic heterocycles. The van der Waals surface area contributed by atoms with Gasteiger partial charge in [0.25, 0.3) is 11.8 Å². The number of alkyl halides is 2. The lowest BCUT2D eigenvalue weighted by atomic mass is 9.81. The van der Waals surface area contributed by atoms with Gasteiger partial charge in [0.1, 0.15) is 30.6 Å². The highest BCUT2D eigenvalue weighted by molar-refractivity contribution is 6.03. The molecule has 150 valence electrons. The van der Waals surface area contributed by atoms with Crippen LogP contribution in [0.25, 0.3) is 0 Å². The van der Waals surface area contributed by atoms with Crippen LogP contribution in [0.3, 0.4) is 0 Å². The van der Waals surface area contributed by atoms with E-state index in [2.05, 4.69) is 15.3 Å². The summed E-state index contributed by atoms with van der Waals surface area (Å²) in [6.07, 6.45) is 0.872. The largest absolute Gasteiger partial charge is 0.448 e. The smallest absolute Gasteiger partial charge is 0.299 e. The second-order valence-corrected chi connectivity index (χ2v) is 6.42. The Morgan fingerprint density at radius 2 is 2.14 bits per heavy atom. The van der Waals surface area contributed by atoms with Crippen LogP contribution >= 0.6 is 0 Å². The van der Waals surface area contributed by atoms with Crippen molar-refractivity contribution in [3.63, 3.8) is 0 Å². The van der Waals surface area contributed by atoms with Gasteiger partial charge >= 0.3 is 0 Å². The molecule has 2 heterocycles. The molecular weight excluding hydrogens is 377 g/mol. The Morgan fingerprint density at radius 1 is 1.39 bits per heavy atom. The molecule has 1 atom stereocenters. The third-order valence-electron chi connectivity index (χ3n) is 4.61. The summed E-state index contributed by atoms with van der Waals surface area (Å²) in [7, 11) is 0. The zero-order chi connectivity index (χ0) is 20.5. The van der Waals surface area contributed by atoms with Gasteiger partial charge in [-0.25, -0.2) is 18.2 Å². The molecule has 0 saturated carbocycles. The van der Waals surface area contributed by atoms with Gasteiger partial charge in [0.05, 0.1) is 0 Å². The van der Waals surface area contributed by atoms with Crippen molar-refractivity contribution in [3.05, 3.63) is 47.4 Å². The number of ether oxygens (including phenoxy) is 1. The number of carbonyl (C=O) groups excluding carboxylic acids is 1. The number of hydrogen-bond acceptors (Lipinski definition) is 6. The lowest BCUT2D eigenvalue weighted by Gasteiger charge is -2.36. The van der Waals surface area contributed by atoms with Crippen molar-refractivity contribution in [2.45, 2.75) is 31.7 Å². The molecule has 0 radical (unpaired) electrons. The maximum atomic E-state index is 14.9. The van der Waals surface area contributed by atoms with Crippen LogP contribution in [0.4, 0.5) is 18.9 Å². The normalized spacial score (nSPS) is 21.7. The van der Waals surface area contributed by atoms with Gasteiger partial charge in [-0.05, 0) is 31.5 Å². The van der Waals surface area contributed by atoms with Gasteiger partial charge in [0.2, 0.25) is 0 Å². The van der Waals surface area contributed by atoms with E-state index in [1.807, 2.05) is 0 Å². The summed E-state index contributed by atoms with van der Waals surface area (Å²) in [6, 6.07) is 3.38. The molecule has 2 aromatic rings. The maximum Gasteiger partial charge on any atom is 0.299 e. The van der Waals surface area contributed by atoms with E-state index in [4.69, 9.17) is 14.9 Å². The van der Waals surface area contributed by atoms with Crippen LogP contribution in [0.15, 0.2) is 34.0 Å². The van der Waals surface area contributed by atoms with Gasteiger partial charge in [-0.2, -0.15) is 0 Å². The summed E-state index contributed by atoms with van der Waals surface area (Å²) in [4.78, 5) is 20.0. The number of nitrogens with two attached hydrogens (primary N) is 1. The number of halogens is 3. The van der Waals surface area contributed by atoms with Crippen LogP contribution in [0.1, 0.15) is 35.2 Å². The summed E-state index contributed by atoms with van der Waals surface area (Å²) < 4.78 is 54.4.